The highest BCUT2D eigenvalue weighted by molar-refractivity contribution is 6.13. The fourth-order valence-corrected chi connectivity index (χ4v) is 6.46. The first-order chi connectivity index (χ1) is 21.8. The smallest absolute Gasteiger partial charge is 0.164 e. The number of para-hydroxylation sites is 1. The van der Waals surface area contributed by atoms with Gasteiger partial charge in [0.2, 0.25) is 0 Å². The Morgan fingerprint density at radius 2 is 1.39 bits per heavy atom. The molecule has 44 heavy (non-hydrogen) atoms. The first-order valence-corrected chi connectivity index (χ1v) is 15.1. The summed E-state index contributed by atoms with van der Waals surface area (Å²) in [5, 5.41) is 4.27. The Balaban J connectivity index is 1.23. The average molecular weight is 570 g/mol. The van der Waals surface area contributed by atoms with Gasteiger partial charge in [0, 0.05) is 38.6 Å². The standard InChI is InChI=1S/C39H27N3O2/c1-3-10-24(11-4-1)37-40-38(25-12-5-2-6-13-25)42-39(41-37)29-15-9-17-35-36(29)31-23-27(19-21-34(31)44-35)26-18-20-33-30(22-26)28-14-7-8-16-32(28)43-33/h1,3-5,7-10,12-24H,2,6,11H2. The minimum atomic E-state index is 0.106. The number of hydrogen-bond acceptors (Lipinski definition) is 5. The highest BCUT2D eigenvalue weighted by Gasteiger charge is 2.21. The molecular formula is C39H27N3O2. The van der Waals surface area contributed by atoms with E-state index in [2.05, 4.69) is 97.1 Å². The molecule has 1 atom stereocenters. The van der Waals surface area contributed by atoms with Gasteiger partial charge in [-0.3, -0.25) is 0 Å². The molecule has 3 aromatic heterocycles. The molecule has 2 aliphatic rings. The number of rotatable bonds is 4. The molecule has 0 radical (unpaired) electrons. The van der Waals surface area contributed by atoms with Gasteiger partial charge in [0.25, 0.3) is 0 Å². The third kappa shape index (κ3) is 4.12. The fraction of sp³-hybridized carbons (Fsp3) is 0.103. The van der Waals surface area contributed by atoms with Crippen molar-refractivity contribution in [3.8, 4) is 22.5 Å². The summed E-state index contributed by atoms with van der Waals surface area (Å²) in [6.45, 7) is 0. The lowest BCUT2D eigenvalue weighted by Crippen LogP contribution is -2.09. The first-order valence-electron chi connectivity index (χ1n) is 15.1. The van der Waals surface area contributed by atoms with Crippen molar-refractivity contribution in [3.05, 3.63) is 133 Å². The normalized spacial score (nSPS) is 16.5. The molecule has 0 amide bonds. The Labute approximate surface area is 253 Å². The quantitative estimate of drug-likeness (QED) is 0.211. The van der Waals surface area contributed by atoms with Gasteiger partial charge in [0.15, 0.2) is 11.6 Å². The highest BCUT2D eigenvalue weighted by Crippen LogP contribution is 2.39. The Morgan fingerprint density at radius 1 is 0.614 bits per heavy atom. The molecule has 210 valence electrons. The predicted octanol–water partition coefficient (Wildman–Crippen LogP) is 10.3. The topological polar surface area (TPSA) is 65.0 Å². The van der Waals surface area contributed by atoms with Crippen LogP contribution < -0.4 is 0 Å². The third-order valence-corrected chi connectivity index (χ3v) is 8.66. The predicted molar refractivity (Wildman–Crippen MR) is 177 cm³/mol. The Hall–Kier alpha value is -5.55. The number of furan rings is 2. The van der Waals surface area contributed by atoms with Gasteiger partial charge in [0.05, 0.1) is 0 Å². The van der Waals surface area contributed by atoms with Gasteiger partial charge in [0.1, 0.15) is 28.2 Å². The van der Waals surface area contributed by atoms with Crippen LogP contribution in [0.2, 0.25) is 0 Å². The van der Waals surface area contributed by atoms with Crippen molar-refractivity contribution in [3.63, 3.8) is 0 Å². The van der Waals surface area contributed by atoms with Crippen LogP contribution in [-0.2, 0) is 0 Å². The summed E-state index contributed by atoms with van der Waals surface area (Å²) in [5.41, 5.74) is 7.65. The van der Waals surface area contributed by atoms with Gasteiger partial charge in [-0.2, -0.15) is 0 Å². The molecule has 1 unspecified atom stereocenters. The van der Waals surface area contributed by atoms with Crippen LogP contribution in [0.15, 0.2) is 130 Å². The van der Waals surface area contributed by atoms with Crippen LogP contribution in [-0.4, -0.2) is 15.0 Å². The van der Waals surface area contributed by atoms with Crippen molar-refractivity contribution in [2.24, 2.45) is 0 Å². The van der Waals surface area contributed by atoms with E-state index in [0.29, 0.717) is 5.82 Å². The molecule has 0 bridgehead atoms. The molecule has 3 heterocycles. The third-order valence-electron chi connectivity index (χ3n) is 8.66. The summed E-state index contributed by atoms with van der Waals surface area (Å²) in [6.07, 6.45) is 17.9. The van der Waals surface area contributed by atoms with Crippen LogP contribution in [0.1, 0.15) is 36.8 Å². The van der Waals surface area contributed by atoms with Crippen LogP contribution in [0.3, 0.4) is 0 Å². The molecule has 7 aromatic rings. The van der Waals surface area contributed by atoms with Crippen molar-refractivity contribution in [2.75, 3.05) is 0 Å². The second-order valence-electron chi connectivity index (χ2n) is 11.4. The summed E-state index contributed by atoms with van der Waals surface area (Å²) in [7, 11) is 0. The largest absolute Gasteiger partial charge is 0.456 e. The fourth-order valence-electron chi connectivity index (χ4n) is 6.46. The van der Waals surface area contributed by atoms with Crippen molar-refractivity contribution < 1.29 is 8.83 Å². The molecule has 0 saturated heterocycles. The van der Waals surface area contributed by atoms with Crippen molar-refractivity contribution in [2.45, 2.75) is 25.2 Å². The number of fused-ring (bicyclic) bond motifs is 6. The van der Waals surface area contributed by atoms with Gasteiger partial charge in [-0.05, 0) is 66.8 Å². The van der Waals surface area contributed by atoms with E-state index >= 15 is 0 Å². The number of allylic oxidation sites excluding steroid dienone is 8. The van der Waals surface area contributed by atoms with E-state index in [1.807, 2.05) is 24.3 Å². The number of hydrogen-bond donors (Lipinski definition) is 0. The summed E-state index contributed by atoms with van der Waals surface area (Å²) in [6, 6.07) is 27.1. The zero-order valence-electron chi connectivity index (χ0n) is 23.9. The molecule has 2 aliphatic carbocycles. The maximum atomic E-state index is 6.39. The molecule has 5 heteroatoms. The average Bonchev–Trinajstić information content (AvgIpc) is 3.66. The van der Waals surface area contributed by atoms with Crippen molar-refractivity contribution in [1.82, 2.24) is 15.0 Å². The van der Waals surface area contributed by atoms with Gasteiger partial charge in [-0.1, -0.05) is 85.0 Å². The van der Waals surface area contributed by atoms with E-state index in [9.17, 15) is 0 Å². The molecule has 0 aliphatic heterocycles. The van der Waals surface area contributed by atoms with E-state index in [4.69, 9.17) is 23.8 Å². The molecule has 4 aromatic carbocycles. The zero-order chi connectivity index (χ0) is 29.0. The van der Waals surface area contributed by atoms with Gasteiger partial charge in [-0.15, -0.1) is 0 Å². The van der Waals surface area contributed by atoms with Crippen molar-refractivity contribution >= 4 is 49.5 Å². The number of nitrogens with zero attached hydrogens (tertiary/aromatic N) is 3. The monoisotopic (exact) mass is 569 g/mol. The first kappa shape index (κ1) is 25.0. The Kier molecular flexibility index (Phi) is 5.69. The minimum Gasteiger partial charge on any atom is -0.456 e. The Bertz CT molecular complexity index is 2380. The lowest BCUT2D eigenvalue weighted by Gasteiger charge is -2.15. The summed E-state index contributed by atoms with van der Waals surface area (Å²) >= 11 is 0. The summed E-state index contributed by atoms with van der Waals surface area (Å²) < 4.78 is 12.5. The van der Waals surface area contributed by atoms with E-state index in [1.165, 1.54) is 0 Å². The van der Waals surface area contributed by atoms with Gasteiger partial charge in [-0.25, -0.2) is 15.0 Å². The van der Waals surface area contributed by atoms with Crippen LogP contribution >= 0.6 is 0 Å². The second kappa shape index (κ2) is 10.0. The van der Waals surface area contributed by atoms with Crippen molar-refractivity contribution in [1.29, 1.82) is 0 Å². The van der Waals surface area contributed by atoms with Crippen LogP contribution in [0.25, 0.3) is 72.0 Å². The van der Waals surface area contributed by atoms with E-state index in [0.717, 1.165) is 97.1 Å². The molecule has 5 nitrogen and oxygen atoms in total. The SMILES string of the molecule is C1=CCC(c2nc(C3=CCCC=C3)nc(-c3cccc4oc5ccc(-c6ccc7oc8ccccc8c7c6)cc5c34)n2)C=C1. The van der Waals surface area contributed by atoms with E-state index < -0.39 is 0 Å². The number of aromatic nitrogens is 3. The summed E-state index contributed by atoms with van der Waals surface area (Å²) in [5.74, 6) is 2.28. The lowest BCUT2D eigenvalue weighted by atomic mass is 9.98. The second-order valence-corrected chi connectivity index (χ2v) is 11.4. The van der Waals surface area contributed by atoms with Gasteiger partial charge >= 0.3 is 0 Å². The summed E-state index contributed by atoms with van der Waals surface area (Å²) in [4.78, 5) is 15.1. The van der Waals surface area contributed by atoms with E-state index in [-0.39, 0.29) is 5.92 Å². The van der Waals surface area contributed by atoms with Gasteiger partial charge < -0.3 is 8.83 Å². The molecule has 0 N–H and O–H groups in total. The van der Waals surface area contributed by atoms with Crippen LogP contribution in [0, 0.1) is 0 Å². The zero-order valence-corrected chi connectivity index (χ0v) is 23.9. The maximum Gasteiger partial charge on any atom is 0.164 e. The highest BCUT2D eigenvalue weighted by atomic mass is 16.3. The Morgan fingerprint density at radius 3 is 2.23 bits per heavy atom. The molecule has 0 fully saturated rings. The minimum absolute atomic E-state index is 0.106. The molecule has 9 rings (SSSR count). The molecule has 0 spiro atoms. The lowest BCUT2D eigenvalue weighted by molar-refractivity contribution is 0.668. The van der Waals surface area contributed by atoms with E-state index in [1.54, 1.807) is 0 Å². The molecular weight excluding hydrogens is 542 g/mol. The molecule has 0 saturated carbocycles. The maximum absolute atomic E-state index is 6.39. The van der Waals surface area contributed by atoms with Crippen LogP contribution in [0.4, 0.5) is 0 Å². The number of benzene rings is 4. The van der Waals surface area contributed by atoms with Crippen LogP contribution in [0.5, 0.6) is 0 Å².